The molecule has 0 radical (unpaired) electrons. The van der Waals surface area contributed by atoms with E-state index in [1.54, 1.807) is 23.1 Å². The molecule has 0 unspecified atom stereocenters. The number of halogens is 1. The van der Waals surface area contributed by atoms with Gasteiger partial charge in [0.1, 0.15) is 0 Å². The summed E-state index contributed by atoms with van der Waals surface area (Å²) in [7, 11) is 0. The molecule has 18 heavy (non-hydrogen) atoms. The van der Waals surface area contributed by atoms with Gasteiger partial charge in [0.2, 0.25) is 0 Å². The average Bonchev–Trinajstić information content (AvgIpc) is 2.38. The summed E-state index contributed by atoms with van der Waals surface area (Å²) in [6, 6.07) is 5.08. The summed E-state index contributed by atoms with van der Waals surface area (Å²) in [5, 5.41) is 9.47. The van der Waals surface area contributed by atoms with E-state index in [2.05, 4.69) is 0 Å². The molecule has 0 spiro atoms. The van der Waals surface area contributed by atoms with Crippen LogP contribution in [0.2, 0.25) is 5.02 Å². The van der Waals surface area contributed by atoms with Gasteiger partial charge in [0.15, 0.2) is 0 Å². The summed E-state index contributed by atoms with van der Waals surface area (Å²) in [6.45, 7) is 1.49. The molecule has 0 bridgehead atoms. The molecule has 1 heterocycles. The van der Waals surface area contributed by atoms with Crippen molar-refractivity contribution in [1.29, 1.82) is 0 Å². The molecular weight excluding hydrogens is 252 g/mol. The Labute approximate surface area is 111 Å². The van der Waals surface area contributed by atoms with Crippen LogP contribution in [-0.2, 0) is 0 Å². The molecule has 0 aliphatic carbocycles. The molecule has 3 N–H and O–H groups in total. The molecule has 2 rings (SSSR count). The summed E-state index contributed by atoms with van der Waals surface area (Å²) >= 11 is 6.03. The molecular formula is C13H17ClN2O2. The van der Waals surface area contributed by atoms with Crippen molar-refractivity contribution in [2.75, 3.05) is 25.4 Å². The summed E-state index contributed by atoms with van der Waals surface area (Å²) in [6.07, 6.45) is 1.65. The lowest BCUT2D eigenvalue weighted by Crippen LogP contribution is -2.39. The number of piperidine rings is 1. The van der Waals surface area contributed by atoms with Crippen molar-refractivity contribution in [3.63, 3.8) is 0 Å². The van der Waals surface area contributed by atoms with E-state index < -0.39 is 0 Å². The van der Waals surface area contributed by atoms with Gasteiger partial charge in [-0.15, -0.1) is 0 Å². The predicted octanol–water partition coefficient (Wildman–Crippen LogP) is 1.77. The minimum atomic E-state index is -0.116. The molecule has 98 valence electrons. The topological polar surface area (TPSA) is 66.6 Å². The van der Waals surface area contributed by atoms with Gasteiger partial charge in [0.05, 0.1) is 10.6 Å². The van der Waals surface area contributed by atoms with Crippen LogP contribution in [0.5, 0.6) is 0 Å². The minimum absolute atomic E-state index is 0.116. The Morgan fingerprint density at radius 1 is 1.44 bits per heavy atom. The van der Waals surface area contributed by atoms with E-state index >= 15 is 0 Å². The van der Waals surface area contributed by atoms with Gasteiger partial charge in [-0.25, -0.2) is 0 Å². The van der Waals surface area contributed by atoms with E-state index in [-0.39, 0.29) is 12.5 Å². The quantitative estimate of drug-likeness (QED) is 0.804. The first kappa shape index (κ1) is 13.2. The number of hydrogen-bond donors (Lipinski definition) is 2. The van der Waals surface area contributed by atoms with Gasteiger partial charge in [-0.3, -0.25) is 4.79 Å². The number of nitrogens with zero attached hydrogens (tertiary/aromatic N) is 1. The Hall–Kier alpha value is -1.26. The number of nitrogens with two attached hydrogens (primary N) is 1. The summed E-state index contributed by atoms with van der Waals surface area (Å²) in [5.74, 6) is 0.187. The third-order valence-electron chi connectivity index (χ3n) is 3.42. The number of amides is 1. The van der Waals surface area contributed by atoms with Gasteiger partial charge < -0.3 is 15.7 Å². The highest BCUT2D eigenvalue weighted by Crippen LogP contribution is 2.26. The number of nitrogen functional groups attached to an aromatic ring is 1. The molecule has 0 saturated carbocycles. The Morgan fingerprint density at radius 3 is 2.67 bits per heavy atom. The maximum absolute atomic E-state index is 12.3. The third-order valence-corrected chi connectivity index (χ3v) is 3.73. The number of hydrogen-bond acceptors (Lipinski definition) is 3. The minimum Gasteiger partial charge on any atom is -0.398 e. The fourth-order valence-corrected chi connectivity index (χ4v) is 2.51. The molecule has 5 heteroatoms. The fraction of sp³-hybridized carbons (Fsp3) is 0.462. The van der Waals surface area contributed by atoms with Crippen LogP contribution in [0.3, 0.4) is 0 Å². The Bertz CT molecular complexity index is 422. The zero-order valence-corrected chi connectivity index (χ0v) is 10.9. The van der Waals surface area contributed by atoms with Crippen molar-refractivity contribution >= 4 is 23.2 Å². The number of benzene rings is 1. The van der Waals surface area contributed by atoms with E-state index in [0.29, 0.717) is 35.3 Å². The standard InChI is InChI=1S/C13H17ClN2O2/c14-10-2-1-3-11(15)12(10)13(18)16-6-4-9(8-17)5-7-16/h1-3,9,17H,4-8,15H2. The Kier molecular flexibility index (Phi) is 4.09. The third kappa shape index (κ3) is 2.60. The average molecular weight is 269 g/mol. The van der Waals surface area contributed by atoms with Crippen LogP contribution in [-0.4, -0.2) is 35.6 Å². The first-order valence-corrected chi connectivity index (χ1v) is 6.45. The van der Waals surface area contributed by atoms with Gasteiger partial charge in [-0.1, -0.05) is 17.7 Å². The largest absolute Gasteiger partial charge is 0.398 e. The number of carbonyl (C=O) groups is 1. The monoisotopic (exact) mass is 268 g/mol. The van der Waals surface area contributed by atoms with Crippen molar-refractivity contribution in [1.82, 2.24) is 4.90 Å². The van der Waals surface area contributed by atoms with Crippen molar-refractivity contribution in [3.05, 3.63) is 28.8 Å². The maximum Gasteiger partial charge on any atom is 0.257 e. The Balaban J connectivity index is 2.13. The molecule has 4 nitrogen and oxygen atoms in total. The van der Waals surface area contributed by atoms with Gasteiger partial charge in [-0.2, -0.15) is 0 Å². The van der Waals surface area contributed by atoms with Crippen LogP contribution in [0.1, 0.15) is 23.2 Å². The van der Waals surface area contributed by atoms with Gasteiger partial charge in [-0.05, 0) is 30.9 Å². The van der Waals surface area contributed by atoms with E-state index in [4.69, 9.17) is 22.4 Å². The highest BCUT2D eigenvalue weighted by atomic mass is 35.5. The second kappa shape index (κ2) is 5.59. The predicted molar refractivity (Wildman–Crippen MR) is 71.6 cm³/mol. The zero-order chi connectivity index (χ0) is 13.1. The number of anilines is 1. The van der Waals surface area contributed by atoms with E-state index in [9.17, 15) is 4.79 Å². The normalized spacial score (nSPS) is 16.9. The number of likely N-dealkylation sites (tertiary alicyclic amines) is 1. The van der Waals surface area contributed by atoms with Crippen LogP contribution in [0.25, 0.3) is 0 Å². The van der Waals surface area contributed by atoms with Crippen LogP contribution < -0.4 is 5.73 Å². The first-order valence-electron chi connectivity index (χ1n) is 6.07. The maximum atomic E-state index is 12.3. The smallest absolute Gasteiger partial charge is 0.257 e. The summed E-state index contributed by atoms with van der Waals surface area (Å²) in [4.78, 5) is 14.1. The molecule has 1 aliphatic rings. The number of rotatable bonds is 2. The lowest BCUT2D eigenvalue weighted by molar-refractivity contribution is 0.0652. The van der Waals surface area contributed by atoms with Crippen molar-refractivity contribution < 1.29 is 9.90 Å². The molecule has 0 atom stereocenters. The Morgan fingerprint density at radius 2 is 2.11 bits per heavy atom. The van der Waals surface area contributed by atoms with Crippen molar-refractivity contribution in [2.24, 2.45) is 5.92 Å². The molecule has 1 fully saturated rings. The summed E-state index contributed by atoms with van der Waals surface area (Å²) < 4.78 is 0. The first-order chi connectivity index (χ1) is 8.63. The van der Waals surface area contributed by atoms with Gasteiger partial charge in [0, 0.05) is 25.4 Å². The van der Waals surface area contributed by atoms with Crippen molar-refractivity contribution in [2.45, 2.75) is 12.8 Å². The van der Waals surface area contributed by atoms with Gasteiger partial charge >= 0.3 is 0 Å². The van der Waals surface area contributed by atoms with E-state index in [1.807, 2.05) is 0 Å². The lowest BCUT2D eigenvalue weighted by atomic mass is 9.97. The van der Waals surface area contributed by atoms with Crippen LogP contribution in [0, 0.1) is 5.92 Å². The number of aliphatic hydroxyl groups is 1. The van der Waals surface area contributed by atoms with Crippen molar-refractivity contribution in [3.8, 4) is 0 Å². The van der Waals surface area contributed by atoms with Crippen LogP contribution in [0.4, 0.5) is 5.69 Å². The second-order valence-electron chi connectivity index (χ2n) is 4.62. The van der Waals surface area contributed by atoms with E-state index in [0.717, 1.165) is 12.8 Å². The summed E-state index contributed by atoms with van der Waals surface area (Å²) in [5.41, 5.74) is 6.61. The zero-order valence-electron chi connectivity index (χ0n) is 10.1. The SMILES string of the molecule is Nc1cccc(Cl)c1C(=O)N1CCC(CO)CC1. The van der Waals surface area contributed by atoms with Crippen LogP contribution >= 0.6 is 11.6 Å². The van der Waals surface area contributed by atoms with Gasteiger partial charge in [0.25, 0.3) is 5.91 Å². The number of carbonyl (C=O) groups excluding carboxylic acids is 1. The molecule has 1 aliphatic heterocycles. The van der Waals surface area contributed by atoms with E-state index in [1.165, 1.54) is 0 Å². The second-order valence-corrected chi connectivity index (χ2v) is 5.03. The molecule has 1 saturated heterocycles. The highest BCUT2D eigenvalue weighted by Gasteiger charge is 2.25. The number of aliphatic hydroxyl groups excluding tert-OH is 1. The van der Waals surface area contributed by atoms with Crippen LogP contribution in [0.15, 0.2) is 18.2 Å². The molecule has 1 aromatic rings. The fourth-order valence-electron chi connectivity index (χ4n) is 2.24. The molecule has 0 aromatic heterocycles. The molecule has 1 amide bonds. The lowest BCUT2D eigenvalue weighted by Gasteiger charge is -2.31. The molecule has 1 aromatic carbocycles. The highest BCUT2D eigenvalue weighted by molar-refractivity contribution is 6.34.